The van der Waals surface area contributed by atoms with Gasteiger partial charge in [0.2, 0.25) is 27.2 Å². The molecule has 7 aromatic rings. The fourth-order valence-electron chi connectivity index (χ4n) is 6.76. The Morgan fingerprint density at radius 3 is 0.864 bits per heavy atom. The van der Waals surface area contributed by atoms with E-state index < -0.39 is 61.3 Å². The quantitative estimate of drug-likeness (QED) is 0.00720. The molecule has 0 aliphatic carbocycles. The Morgan fingerprint density at radius 1 is 0.307 bits per heavy atom. The zero-order valence-corrected chi connectivity index (χ0v) is 46.2. The van der Waals surface area contributed by atoms with E-state index in [9.17, 15) is 38.4 Å². The maximum Gasteiger partial charge on any atom is 0.347 e. The molecule has 0 amide bonds. The second-order valence-corrected chi connectivity index (χ2v) is 17.1. The minimum absolute atomic E-state index is 0.0556. The molecule has 24 nitrogen and oxygen atoms in total. The normalized spacial score (nSPS) is 10.3. The van der Waals surface area contributed by atoms with Crippen molar-refractivity contribution in [2.45, 2.75) is 13.2 Å². The minimum atomic E-state index is -1.02. The first kappa shape index (κ1) is 63.6. The summed E-state index contributed by atoms with van der Waals surface area (Å²) >= 11 is 0. The highest BCUT2D eigenvalue weighted by molar-refractivity contribution is 5.97. The molecule has 0 saturated carbocycles. The van der Waals surface area contributed by atoms with Gasteiger partial charge in [-0.15, -0.1) is 0 Å². The number of ether oxygens (including phenoxy) is 12. The second-order valence-electron chi connectivity index (χ2n) is 17.1. The van der Waals surface area contributed by atoms with Gasteiger partial charge in [-0.2, -0.15) is 9.78 Å². The minimum Gasteiger partial charge on any atom is -0.457 e. The lowest BCUT2D eigenvalue weighted by molar-refractivity contribution is -0.217. The summed E-state index contributed by atoms with van der Waals surface area (Å²) in [6.45, 7) is 11.5. The van der Waals surface area contributed by atoms with E-state index in [4.69, 9.17) is 76.4 Å². The molecule has 0 aliphatic heterocycles. The first-order valence-corrected chi connectivity index (χ1v) is 25.6. The van der Waals surface area contributed by atoms with Gasteiger partial charge in [0, 0.05) is 24.3 Å². The molecule has 0 saturated heterocycles. The highest BCUT2D eigenvalue weighted by Gasteiger charge is 2.23. The molecule has 7 rings (SSSR count). The third kappa shape index (κ3) is 20.1. The Labute approximate surface area is 500 Å². The summed E-state index contributed by atoms with van der Waals surface area (Å²) in [4.78, 5) is 122. The Hall–Kier alpha value is -12.0. The number of benzene rings is 7. The smallest absolute Gasteiger partial charge is 0.347 e. The molecular weight excluding hydrogens is 1150 g/mol. The monoisotopic (exact) mass is 1200 g/mol. The number of hydrogen-bond acceptors (Lipinski definition) is 24. The topological polar surface area (TPSA) is 284 Å². The summed E-state index contributed by atoms with van der Waals surface area (Å²) in [5.74, 6) is -5.71. The lowest BCUT2D eigenvalue weighted by atomic mass is 10.2. The van der Waals surface area contributed by atoms with Gasteiger partial charge in [0.1, 0.15) is 70.3 Å². The summed E-state index contributed by atoms with van der Waals surface area (Å²) in [5.41, 5.74) is 0.840. The first-order chi connectivity index (χ1) is 42.7. The summed E-state index contributed by atoms with van der Waals surface area (Å²) in [6.07, 6.45) is 3.95. The zero-order chi connectivity index (χ0) is 62.6. The van der Waals surface area contributed by atoms with E-state index in [-0.39, 0.29) is 95.0 Å². The van der Waals surface area contributed by atoms with Gasteiger partial charge >= 0.3 is 47.8 Å². The number of hydrogen-bond donors (Lipinski definition) is 0. The van der Waals surface area contributed by atoms with Crippen LogP contribution in [0.25, 0.3) is 0 Å². The van der Waals surface area contributed by atoms with Crippen molar-refractivity contribution < 1.29 is 115 Å². The maximum absolute atomic E-state index is 14.0. The molecule has 0 radical (unpaired) electrons. The highest BCUT2D eigenvalue weighted by Crippen LogP contribution is 2.31. The number of esters is 8. The van der Waals surface area contributed by atoms with Crippen molar-refractivity contribution in [1.82, 2.24) is 0 Å². The second kappa shape index (κ2) is 32.7. The largest absolute Gasteiger partial charge is 0.457 e. The van der Waals surface area contributed by atoms with Crippen LogP contribution in [-0.4, -0.2) is 74.9 Å². The molecule has 0 N–H and O–H groups in total. The molecule has 450 valence electrons. The van der Waals surface area contributed by atoms with Crippen LogP contribution in [0.15, 0.2) is 208 Å². The molecule has 0 aliphatic rings. The van der Waals surface area contributed by atoms with Crippen LogP contribution < -0.4 is 47.7 Å². The molecule has 7 aromatic carbocycles. The number of carbonyl (C=O) groups excluding carboxylic acids is 8. The molecule has 88 heavy (non-hydrogen) atoms. The van der Waals surface area contributed by atoms with Crippen molar-refractivity contribution in [2.24, 2.45) is 0 Å². The fraction of sp³-hybridized carbons (Fsp3) is 0.0938. The molecule has 0 unspecified atom stereocenters. The van der Waals surface area contributed by atoms with E-state index in [1.807, 2.05) is 0 Å². The van der Waals surface area contributed by atoms with Crippen LogP contribution in [0, 0.1) is 0 Å². The predicted octanol–water partition coefficient (Wildman–Crippen LogP) is 9.85. The average molecular weight is 1200 g/mol. The summed E-state index contributed by atoms with van der Waals surface area (Å²) in [7, 11) is 0. The summed E-state index contributed by atoms with van der Waals surface area (Å²) < 4.78 is 63.3. The Bertz CT molecular complexity index is 3390. The lowest BCUT2D eigenvalue weighted by Gasteiger charge is -2.13. The van der Waals surface area contributed by atoms with Crippen LogP contribution in [0.4, 0.5) is 0 Å². The van der Waals surface area contributed by atoms with Gasteiger partial charge in [-0.3, -0.25) is 0 Å². The molecule has 0 spiro atoms. The first-order valence-electron chi connectivity index (χ1n) is 25.6. The molecule has 0 aromatic heterocycles. The van der Waals surface area contributed by atoms with Crippen molar-refractivity contribution in [3.8, 4) is 57.5 Å². The van der Waals surface area contributed by atoms with Gasteiger partial charge in [0.25, 0.3) is 0 Å². The lowest BCUT2D eigenvalue weighted by Crippen LogP contribution is -2.14. The van der Waals surface area contributed by atoms with Crippen LogP contribution in [0.1, 0.15) is 52.6 Å². The van der Waals surface area contributed by atoms with Crippen molar-refractivity contribution >= 4 is 47.8 Å². The third-order valence-corrected chi connectivity index (χ3v) is 11.2. The van der Waals surface area contributed by atoms with Crippen molar-refractivity contribution in [3.05, 3.63) is 242 Å². The Kier molecular flexibility index (Phi) is 23.6. The van der Waals surface area contributed by atoms with Crippen LogP contribution in [-0.2, 0) is 61.1 Å². The van der Waals surface area contributed by atoms with Crippen LogP contribution in [0.3, 0.4) is 0 Å². The molecule has 24 heteroatoms. The molecule has 0 atom stereocenters. The van der Waals surface area contributed by atoms with Crippen molar-refractivity contribution in [1.29, 1.82) is 0 Å². The standard InChI is InChI=1S/C64H50O24/c1-5-57(65)77-37-73-45-17-9-41(10-18-45)35-81-87-55-31-29-51(85-61(69)43-13-21-47(22-14-43)75-39-79-59(67)7-3)33-53(55)63(71)83-49-25-27-50(28-26-49)84-64(72)54-34-52(86-62(70)44-15-23-48(24-16-44)76-40-80-60(68)8-4)30-32-56(54)88-82-36-42-11-19-46(20-12-42)74-38-78-58(66)6-2/h5-34H,1-4,35-40H2. The van der Waals surface area contributed by atoms with E-state index in [2.05, 4.69) is 26.3 Å². The van der Waals surface area contributed by atoms with Gasteiger partial charge < -0.3 is 66.6 Å². The Balaban J connectivity index is 1.04. The van der Waals surface area contributed by atoms with Crippen molar-refractivity contribution in [2.75, 3.05) is 27.2 Å². The van der Waals surface area contributed by atoms with Crippen LogP contribution in [0.5, 0.6) is 57.5 Å². The summed E-state index contributed by atoms with van der Waals surface area (Å²) in [6, 6.07) is 37.2. The third-order valence-electron chi connectivity index (χ3n) is 11.2. The van der Waals surface area contributed by atoms with E-state index in [0.717, 1.165) is 24.3 Å². The number of carbonyl (C=O) groups is 8. The van der Waals surface area contributed by atoms with E-state index in [1.54, 1.807) is 48.5 Å². The fourth-order valence-corrected chi connectivity index (χ4v) is 6.76. The molecule has 0 fully saturated rings. The van der Waals surface area contributed by atoms with Crippen LogP contribution >= 0.6 is 0 Å². The van der Waals surface area contributed by atoms with E-state index in [1.165, 1.54) is 109 Å². The van der Waals surface area contributed by atoms with Crippen LogP contribution in [0.2, 0.25) is 0 Å². The van der Waals surface area contributed by atoms with Gasteiger partial charge in [-0.05, 0) is 145 Å². The average Bonchev–Trinajstić information content (AvgIpc) is 3.75. The highest BCUT2D eigenvalue weighted by atomic mass is 17.2. The Morgan fingerprint density at radius 2 is 0.568 bits per heavy atom. The van der Waals surface area contributed by atoms with Crippen molar-refractivity contribution in [3.63, 3.8) is 0 Å². The number of rotatable bonds is 32. The zero-order valence-electron chi connectivity index (χ0n) is 46.2. The SMILES string of the molecule is C=CC(=O)OCOc1ccc(COOc2ccc(OC(=O)c3ccc(OCOC(=O)C=C)cc3)cc2C(=O)Oc2ccc(OC(=O)c3cc(OC(=O)c4ccc(OCOC(=O)C=C)cc4)ccc3OOCc3ccc(OCOC(=O)C=C)cc3)cc2)cc1. The van der Waals surface area contributed by atoms with E-state index >= 15 is 0 Å². The molecule has 0 heterocycles. The molecular formula is C64H50O24. The van der Waals surface area contributed by atoms with E-state index in [0.29, 0.717) is 22.6 Å². The van der Waals surface area contributed by atoms with Gasteiger partial charge in [-0.25, -0.2) is 38.4 Å². The van der Waals surface area contributed by atoms with Gasteiger partial charge in [0.15, 0.2) is 11.5 Å². The van der Waals surface area contributed by atoms with Gasteiger partial charge in [-0.1, -0.05) is 50.6 Å². The molecule has 0 bridgehead atoms. The van der Waals surface area contributed by atoms with Gasteiger partial charge in [0.05, 0.1) is 11.1 Å². The maximum atomic E-state index is 14.0. The summed E-state index contributed by atoms with van der Waals surface area (Å²) in [5, 5.41) is 0. The predicted molar refractivity (Wildman–Crippen MR) is 303 cm³/mol.